The van der Waals surface area contributed by atoms with Gasteiger partial charge >= 0.3 is 0 Å². The second-order valence-electron chi connectivity index (χ2n) is 4.64. The quantitative estimate of drug-likeness (QED) is 0.616. The van der Waals surface area contributed by atoms with Gasteiger partial charge in [-0.15, -0.1) is 0 Å². The molecular weight excluding hydrogens is 216 g/mol. The minimum Gasteiger partial charge on any atom is -0.0877 e. The van der Waals surface area contributed by atoms with Crippen molar-refractivity contribution in [2.75, 3.05) is 0 Å². The van der Waals surface area contributed by atoms with Crippen LogP contribution in [0.15, 0.2) is 54.6 Å². The lowest BCUT2D eigenvalue weighted by molar-refractivity contribution is 1.24. The van der Waals surface area contributed by atoms with Crippen LogP contribution in [0.5, 0.6) is 0 Å². The van der Waals surface area contributed by atoms with Gasteiger partial charge in [-0.1, -0.05) is 61.0 Å². The molecule has 0 atom stereocenters. The van der Waals surface area contributed by atoms with Crippen molar-refractivity contribution in [3.05, 3.63) is 65.8 Å². The van der Waals surface area contributed by atoms with Crippen LogP contribution in [0.1, 0.15) is 31.4 Å². The SMILES string of the molecule is C/C=C\C=C(/CC)c1ccc2cc(C)ccc2c1. The standard InChI is InChI=1S/C18H20/c1-4-6-7-15(5-2)17-11-10-16-12-14(3)8-9-18(16)13-17/h4,6-13H,5H2,1-3H3/b6-4-,15-7+. The Kier molecular flexibility index (Phi) is 3.99. The van der Waals surface area contributed by atoms with Crippen LogP contribution in [0, 0.1) is 6.92 Å². The Hall–Kier alpha value is -1.82. The zero-order valence-electron chi connectivity index (χ0n) is 11.4. The first-order chi connectivity index (χ1) is 8.74. The number of benzene rings is 2. The first-order valence-corrected chi connectivity index (χ1v) is 6.57. The van der Waals surface area contributed by atoms with Gasteiger partial charge in [0.1, 0.15) is 0 Å². The number of allylic oxidation sites excluding steroid dienone is 4. The Labute approximate surface area is 110 Å². The van der Waals surface area contributed by atoms with Crippen molar-refractivity contribution in [2.24, 2.45) is 0 Å². The molecule has 0 nitrogen and oxygen atoms in total. The van der Waals surface area contributed by atoms with Crippen molar-refractivity contribution in [3.8, 4) is 0 Å². The Morgan fingerprint density at radius 3 is 2.50 bits per heavy atom. The van der Waals surface area contributed by atoms with E-state index in [0.29, 0.717) is 0 Å². The normalized spacial score (nSPS) is 12.5. The maximum atomic E-state index is 2.29. The molecule has 92 valence electrons. The Morgan fingerprint density at radius 1 is 1.06 bits per heavy atom. The fourth-order valence-corrected chi connectivity index (χ4v) is 2.20. The summed E-state index contributed by atoms with van der Waals surface area (Å²) in [7, 11) is 0. The maximum Gasteiger partial charge on any atom is -0.0178 e. The highest BCUT2D eigenvalue weighted by atomic mass is 14.1. The molecule has 0 unspecified atom stereocenters. The van der Waals surface area contributed by atoms with E-state index in [4.69, 9.17) is 0 Å². The molecule has 0 spiro atoms. The second-order valence-corrected chi connectivity index (χ2v) is 4.64. The van der Waals surface area contributed by atoms with E-state index in [1.807, 2.05) is 6.92 Å². The van der Waals surface area contributed by atoms with Gasteiger partial charge in [-0.05, 0) is 48.2 Å². The van der Waals surface area contributed by atoms with Gasteiger partial charge in [-0.3, -0.25) is 0 Å². The molecule has 0 bridgehead atoms. The molecule has 18 heavy (non-hydrogen) atoms. The van der Waals surface area contributed by atoms with E-state index in [1.54, 1.807) is 0 Å². The molecule has 0 amide bonds. The van der Waals surface area contributed by atoms with Gasteiger partial charge in [-0.25, -0.2) is 0 Å². The van der Waals surface area contributed by atoms with Gasteiger partial charge in [-0.2, -0.15) is 0 Å². The van der Waals surface area contributed by atoms with Crippen molar-refractivity contribution < 1.29 is 0 Å². The van der Waals surface area contributed by atoms with Crippen molar-refractivity contribution in [2.45, 2.75) is 27.2 Å². The lowest BCUT2D eigenvalue weighted by Gasteiger charge is -2.07. The van der Waals surface area contributed by atoms with Crippen molar-refractivity contribution in [1.82, 2.24) is 0 Å². The monoisotopic (exact) mass is 236 g/mol. The summed E-state index contributed by atoms with van der Waals surface area (Å²) in [4.78, 5) is 0. The van der Waals surface area contributed by atoms with Gasteiger partial charge in [0.05, 0.1) is 0 Å². The fraction of sp³-hybridized carbons (Fsp3) is 0.222. The number of hydrogen-bond donors (Lipinski definition) is 0. The van der Waals surface area contributed by atoms with Crippen molar-refractivity contribution in [1.29, 1.82) is 0 Å². The second kappa shape index (κ2) is 5.68. The lowest BCUT2D eigenvalue weighted by Crippen LogP contribution is -1.84. The molecule has 0 heteroatoms. The summed E-state index contributed by atoms with van der Waals surface area (Å²) in [5.74, 6) is 0. The molecule has 0 aromatic heterocycles. The van der Waals surface area contributed by atoms with Crippen LogP contribution in [0.4, 0.5) is 0 Å². The first kappa shape index (κ1) is 12.6. The van der Waals surface area contributed by atoms with E-state index < -0.39 is 0 Å². The fourth-order valence-electron chi connectivity index (χ4n) is 2.20. The summed E-state index contributed by atoms with van der Waals surface area (Å²) in [6.45, 7) is 6.39. The third-order valence-electron chi connectivity index (χ3n) is 3.24. The first-order valence-electron chi connectivity index (χ1n) is 6.57. The minimum absolute atomic E-state index is 1.06. The molecule has 0 fully saturated rings. The highest BCUT2D eigenvalue weighted by Crippen LogP contribution is 2.24. The predicted molar refractivity (Wildman–Crippen MR) is 81.8 cm³/mol. The predicted octanol–water partition coefficient (Wildman–Crippen LogP) is 5.52. The van der Waals surface area contributed by atoms with Gasteiger partial charge < -0.3 is 0 Å². The van der Waals surface area contributed by atoms with Crippen molar-refractivity contribution in [3.63, 3.8) is 0 Å². The Balaban J connectivity index is 2.49. The van der Waals surface area contributed by atoms with Crippen LogP contribution < -0.4 is 0 Å². The molecule has 2 rings (SSSR count). The molecule has 0 N–H and O–H groups in total. The average Bonchev–Trinajstić information content (AvgIpc) is 2.39. The zero-order valence-corrected chi connectivity index (χ0v) is 11.4. The summed E-state index contributed by atoms with van der Waals surface area (Å²) in [5, 5.41) is 2.64. The maximum absolute atomic E-state index is 2.29. The topological polar surface area (TPSA) is 0 Å². The van der Waals surface area contributed by atoms with Crippen molar-refractivity contribution >= 4 is 16.3 Å². The Morgan fingerprint density at radius 2 is 1.78 bits per heavy atom. The summed E-state index contributed by atoms with van der Waals surface area (Å²) in [6, 6.07) is 13.3. The van der Waals surface area contributed by atoms with Gasteiger partial charge in [0.2, 0.25) is 0 Å². The third kappa shape index (κ3) is 2.70. The molecule has 0 saturated heterocycles. The van der Waals surface area contributed by atoms with E-state index in [-0.39, 0.29) is 0 Å². The van der Waals surface area contributed by atoms with Crippen LogP contribution in [0.3, 0.4) is 0 Å². The number of fused-ring (bicyclic) bond motifs is 1. The van der Waals surface area contributed by atoms with Crippen LogP contribution >= 0.6 is 0 Å². The van der Waals surface area contributed by atoms with Crippen LogP contribution in [-0.4, -0.2) is 0 Å². The van der Waals surface area contributed by atoms with Gasteiger partial charge in [0.25, 0.3) is 0 Å². The minimum atomic E-state index is 1.06. The van der Waals surface area contributed by atoms with Gasteiger partial charge in [0.15, 0.2) is 0 Å². The summed E-state index contributed by atoms with van der Waals surface area (Å²) in [5.41, 5.74) is 4.03. The lowest BCUT2D eigenvalue weighted by atomic mass is 9.98. The zero-order chi connectivity index (χ0) is 13.0. The van der Waals surface area contributed by atoms with E-state index in [2.05, 4.69) is 68.5 Å². The molecule has 2 aromatic carbocycles. The summed E-state index contributed by atoms with van der Waals surface area (Å²) >= 11 is 0. The smallest absolute Gasteiger partial charge is 0.0178 e. The molecule has 0 saturated carbocycles. The van der Waals surface area contributed by atoms with Crippen LogP contribution in [0.2, 0.25) is 0 Å². The van der Waals surface area contributed by atoms with E-state index in [1.165, 1.54) is 27.5 Å². The Bertz CT molecular complexity index is 600. The summed E-state index contributed by atoms with van der Waals surface area (Å²) < 4.78 is 0. The van der Waals surface area contributed by atoms with Crippen LogP contribution in [-0.2, 0) is 0 Å². The van der Waals surface area contributed by atoms with Crippen LogP contribution in [0.25, 0.3) is 16.3 Å². The molecule has 2 aromatic rings. The average molecular weight is 236 g/mol. The third-order valence-corrected chi connectivity index (χ3v) is 3.24. The molecule has 0 aliphatic rings. The molecule has 0 heterocycles. The molecule has 0 radical (unpaired) electrons. The highest BCUT2D eigenvalue weighted by Gasteiger charge is 2.00. The van der Waals surface area contributed by atoms with E-state index in [0.717, 1.165) is 6.42 Å². The highest BCUT2D eigenvalue weighted by molar-refractivity contribution is 5.87. The van der Waals surface area contributed by atoms with E-state index >= 15 is 0 Å². The summed E-state index contributed by atoms with van der Waals surface area (Å²) in [6.07, 6.45) is 7.44. The molecule has 0 aliphatic heterocycles. The number of rotatable bonds is 3. The molecular formula is C18H20. The largest absolute Gasteiger partial charge is 0.0877 e. The number of hydrogen-bond acceptors (Lipinski definition) is 0. The van der Waals surface area contributed by atoms with Gasteiger partial charge in [0, 0.05) is 0 Å². The molecule has 0 aliphatic carbocycles. The van der Waals surface area contributed by atoms with E-state index in [9.17, 15) is 0 Å². The number of aryl methyl sites for hydroxylation is 1.